The van der Waals surface area contributed by atoms with E-state index in [1.807, 2.05) is 42.2 Å². The summed E-state index contributed by atoms with van der Waals surface area (Å²) in [7, 11) is -3.37. The molecule has 0 bridgehead atoms. The molecule has 1 aliphatic heterocycles. The minimum absolute atomic E-state index is 0.00497. The highest BCUT2D eigenvalue weighted by molar-refractivity contribution is 7.88. The Hall–Kier alpha value is -1.40. The molecule has 2 fully saturated rings. The smallest absolute Gasteiger partial charge is 0.222 e. The molecule has 5 nitrogen and oxygen atoms in total. The topological polar surface area (TPSA) is 66.5 Å². The van der Waals surface area contributed by atoms with Crippen molar-refractivity contribution >= 4 is 15.9 Å². The maximum atomic E-state index is 12.5. The fourth-order valence-electron chi connectivity index (χ4n) is 4.36. The van der Waals surface area contributed by atoms with Crippen LogP contribution in [0.15, 0.2) is 30.3 Å². The molecule has 2 aliphatic rings. The first-order valence-electron chi connectivity index (χ1n) is 8.76. The number of amides is 1. The number of hydrogen-bond acceptors (Lipinski definition) is 3. The number of rotatable bonds is 6. The molecule has 132 valence electrons. The quantitative estimate of drug-likeness (QED) is 0.856. The summed E-state index contributed by atoms with van der Waals surface area (Å²) in [6.07, 6.45) is 4.37. The first kappa shape index (κ1) is 17.4. The average molecular weight is 350 g/mol. The van der Waals surface area contributed by atoms with Crippen molar-refractivity contribution in [3.63, 3.8) is 0 Å². The van der Waals surface area contributed by atoms with Crippen molar-refractivity contribution in [2.45, 2.75) is 50.8 Å². The van der Waals surface area contributed by atoms with Gasteiger partial charge in [0.1, 0.15) is 0 Å². The predicted molar refractivity (Wildman–Crippen MR) is 93.8 cm³/mol. The third-order valence-corrected chi connectivity index (χ3v) is 6.87. The Balaban J connectivity index is 1.69. The van der Waals surface area contributed by atoms with E-state index in [1.165, 1.54) is 0 Å². The van der Waals surface area contributed by atoms with E-state index in [-0.39, 0.29) is 23.1 Å². The number of sulfonamides is 1. The van der Waals surface area contributed by atoms with Crippen molar-refractivity contribution in [1.82, 2.24) is 9.62 Å². The fraction of sp³-hybridized carbons (Fsp3) is 0.611. The molecule has 1 aromatic rings. The molecule has 2 unspecified atom stereocenters. The second-order valence-corrected chi connectivity index (χ2v) is 8.82. The Morgan fingerprint density at radius 1 is 1.25 bits per heavy atom. The SMILES string of the molecule is CCN1C(=O)CCC2(CNS(=O)(=O)Cc3ccccc3)CCCC12. The van der Waals surface area contributed by atoms with Gasteiger partial charge in [-0.05, 0) is 31.7 Å². The normalized spacial score (nSPS) is 27.3. The zero-order valence-electron chi connectivity index (χ0n) is 14.2. The van der Waals surface area contributed by atoms with Gasteiger partial charge in [-0.1, -0.05) is 36.8 Å². The van der Waals surface area contributed by atoms with Crippen molar-refractivity contribution in [3.05, 3.63) is 35.9 Å². The van der Waals surface area contributed by atoms with Crippen molar-refractivity contribution in [1.29, 1.82) is 0 Å². The van der Waals surface area contributed by atoms with E-state index >= 15 is 0 Å². The molecule has 3 rings (SSSR count). The number of likely N-dealkylation sites (tertiary alicyclic amines) is 1. The van der Waals surface area contributed by atoms with Crippen LogP contribution in [0.5, 0.6) is 0 Å². The van der Waals surface area contributed by atoms with Crippen molar-refractivity contribution in [2.75, 3.05) is 13.1 Å². The average Bonchev–Trinajstić information content (AvgIpc) is 2.98. The number of fused-ring (bicyclic) bond motifs is 1. The summed E-state index contributed by atoms with van der Waals surface area (Å²) in [6, 6.07) is 9.42. The van der Waals surface area contributed by atoms with E-state index in [0.717, 1.165) is 31.2 Å². The number of hydrogen-bond donors (Lipinski definition) is 1. The van der Waals surface area contributed by atoms with E-state index in [0.29, 0.717) is 19.5 Å². The molecule has 1 aromatic carbocycles. The van der Waals surface area contributed by atoms with Crippen LogP contribution < -0.4 is 4.72 Å². The summed E-state index contributed by atoms with van der Waals surface area (Å²) < 4.78 is 27.7. The third-order valence-electron chi connectivity index (χ3n) is 5.58. The Kier molecular flexibility index (Phi) is 4.97. The Labute approximate surface area is 144 Å². The molecular weight excluding hydrogens is 324 g/mol. The van der Waals surface area contributed by atoms with Gasteiger partial charge in [-0.25, -0.2) is 13.1 Å². The lowest BCUT2D eigenvalue weighted by molar-refractivity contribution is -0.141. The lowest BCUT2D eigenvalue weighted by Crippen LogP contribution is -2.55. The van der Waals surface area contributed by atoms with E-state index in [4.69, 9.17) is 0 Å². The van der Waals surface area contributed by atoms with Crippen LogP contribution in [0.1, 0.15) is 44.6 Å². The molecule has 1 amide bonds. The number of carbonyl (C=O) groups is 1. The van der Waals surface area contributed by atoms with Crippen molar-refractivity contribution in [3.8, 4) is 0 Å². The lowest BCUT2D eigenvalue weighted by atomic mass is 9.75. The highest BCUT2D eigenvalue weighted by Crippen LogP contribution is 2.47. The van der Waals surface area contributed by atoms with Gasteiger partial charge in [-0.15, -0.1) is 0 Å². The van der Waals surface area contributed by atoms with E-state index in [9.17, 15) is 13.2 Å². The first-order chi connectivity index (χ1) is 11.5. The summed E-state index contributed by atoms with van der Waals surface area (Å²) in [4.78, 5) is 14.1. The molecule has 2 atom stereocenters. The second kappa shape index (κ2) is 6.84. The monoisotopic (exact) mass is 350 g/mol. The maximum Gasteiger partial charge on any atom is 0.222 e. The van der Waals surface area contributed by atoms with Crippen LogP contribution >= 0.6 is 0 Å². The highest BCUT2D eigenvalue weighted by atomic mass is 32.2. The predicted octanol–water partition coefficient (Wildman–Crippen LogP) is 2.29. The van der Waals surface area contributed by atoms with Gasteiger partial charge in [0.25, 0.3) is 0 Å². The maximum absolute atomic E-state index is 12.5. The molecule has 0 spiro atoms. The first-order valence-corrected chi connectivity index (χ1v) is 10.4. The number of nitrogens with zero attached hydrogens (tertiary/aromatic N) is 1. The van der Waals surface area contributed by atoms with Gasteiger partial charge in [0.2, 0.25) is 15.9 Å². The molecule has 0 radical (unpaired) electrons. The van der Waals surface area contributed by atoms with Crippen LogP contribution in [-0.4, -0.2) is 38.4 Å². The highest BCUT2D eigenvalue weighted by Gasteiger charge is 2.49. The molecule has 0 aromatic heterocycles. The van der Waals surface area contributed by atoms with Crippen molar-refractivity contribution < 1.29 is 13.2 Å². The van der Waals surface area contributed by atoms with Crippen LogP contribution in [0.3, 0.4) is 0 Å². The Morgan fingerprint density at radius 3 is 2.71 bits per heavy atom. The summed E-state index contributed by atoms with van der Waals surface area (Å²) in [6.45, 7) is 3.16. The molecule has 6 heteroatoms. The Morgan fingerprint density at radius 2 is 2.00 bits per heavy atom. The zero-order chi connectivity index (χ0) is 17.2. The van der Waals surface area contributed by atoms with Gasteiger partial charge in [0.15, 0.2) is 0 Å². The number of carbonyl (C=O) groups excluding carboxylic acids is 1. The van der Waals surface area contributed by atoms with E-state index in [2.05, 4.69) is 4.72 Å². The van der Waals surface area contributed by atoms with Crippen LogP contribution in [0.4, 0.5) is 0 Å². The Bertz CT molecular complexity index is 689. The van der Waals surface area contributed by atoms with Gasteiger partial charge in [0.05, 0.1) is 5.75 Å². The lowest BCUT2D eigenvalue weighted by Gasteiger charge is -2.46. The van der Waals surface area contributed by atoms with Crippen LogP contribution in [-0.2, 0) is 20.6 Å². The minimum Gasteiger partial charge on any atom is -0.339 e. The molecule has 1 N–H and O–H groups in total. The summed E-state index contributed by atoms with van der Waals surface area (Å²) in [5, 5.41) is 0. The number of nitrogens with one attached hydrogen (secondary N) is 1. The van der Waals surface area contributed by atoms with Crippen LogP contribution in [0.25, 0.3) is 0 Å². The molecule has 24 heavy (non-hydrogen) atoms. The summed E-state index contributed by atoms with van der Waals surface area (Å²) >= 11 is 0. The van der Waals surface area contributed by atoms with Crippen LogP contribution in [0, 0.1) is 5.41 Å². The van der Waals surface area contributed by atoms with Crippen LogP contribution in [0.2, 0.25) is 0 Å². The summed E-state index contributed by atoms with van der Waals surface area (Å²) in [5.41, 5.74) is 0.702. The molecule has 1 saturated carbocycles. The molecular formula is C18H26N2O3S. The third kappa shape index (κ3) is 3.49. The second-order valence-electron chi connectivity index (χ2n) is 7.02. The largest absolute Gasteiger partial charge is 0.339 e. The van der Waals surface area contributed by atoms with Crippen molar-refractivity contribution in [2.24, 2.45) is 5.41 Å². The number of benzene rings is 1. The number of piperidine rings is 1. The standard InChI is InChI=1S/C18H26N2O3S/c1-2-20-16-9-6-11-18(16,12-10-17(20)21)14-19-24(22,23)13-15-7-4-3-5-8-15/h3-5,7-8,16,19H,2,6,9-14H2,1H3. The van der Waals surface area contributed by atoms with E-state index < -0.39 is 10.0 Å². The summed E-state index contributed by atoms with van der Waals surface area (Å²) in [5.74, 6) is 0.220. The van der Waals surface area contributed by atoms with Gasteiger partial charge < -0.3 is 4.90 Å². The van der Waals surface area contributed by atoms with E-state index in [1.54, 1.807) is 0 Å². The molecule has 1 aliphatic carbocycles. The zero-order valence-corrected chi connectivity index (χ0v) is 15.0. The molecule has 1 heterocycles. The van der Waals surface area contributed by atoms with Gasteiger partial charge >= 0.3 is 0 Å². The fourth-order valence-corrected chi connectivity index (χ4v) is 5.60. The van der Waals surface area contributed by atoms with Gasteiger partial charge in [-0.3, -0.25) is 4.79 Å². The minimum atomic E-state index is -3.37. The van der Waals surface area contributed by atoms with Gasteiger partial charge in [-0.2, -0.15) is 0 Å². The molecule has 1 saturated heterocycles. The van der Waals surface area contributed by atoms with Gasteiger partial charge in [0, 0.05) is 31.0 Å².